The minimum Gasteiger partial charge on any atom is -0.362 e. The monoisotopic (exact) mass is 417 g/mol. The number of nitrogens with one attached hydrogen (secondary N) is 1. The molecule has 1 aromatic carbocycles. The Balaban J connectivity index is 2.02. The van der Waals surface area contributed by atoms with Crippen LogP contribution < -0.4 is 5.32 Å². The molecule has 1 aliphatic carbocycles. The highest BCUT2D eigenvalue weighted by atomic mass is 79.9. The summed E-state index contributed by atoms with van der Waals surface area (Å²) >= 11 is 3.53. The number of nitrogens with zero attached hydrogens (tertiary/aromatic N) is 2. The molecule has 26 heavy (non-hydrogen) atoms. The van der Waals surface area contributed by atoms with Gasteiger partial charge in [-0.2, -0.15) is 10.2 Å². The zero-order valence-electron chi connectivity index (χ0n) is 15.0. The Morgan fingerprint density at radius 3 is 2.85 bits per heavy atom. The van der Waals surface area contributed by atoms with Gasteiger partial charge in [-0.15, -0.1) is 0 Å². The number of carbonyl (C=O) groups excluding carboxylic acids is 1. The average Bonchev–Trinajstić information content (AvgIpc) is 3.06. The number of alkyl halides is 1. The van der Waals surface area contributed by atoms with E-state index in [2.05, 4.69) is 31.5 Å². The van der Waals surface area contributed by atoms with Crippen LogP contribution in [0.5, 0.6) is 0 Å². The Kier molecular flexibility index (Phi) is 3.95. The fraction of sp³-hybridized carbons (Fsp3) is 0.450. The number of allylic oxidation sites excluding steroid dienone is 2. The van der Waals surface area contributed by atoms with Gasteiger partial charge in [-0.1, -0.05) is 48.8 Å². The number of halogens is 2. The van der Waals surface area contributed by atoms with Gasteiger partial charge >= 0.3 is 0 Å². The van der Waals surface area contributed by atoms with Crippen molar-refractivity contribution in [3.8, 4) is 0 Å². The van der Waals surface area contributed by atoms with Crippen LogP contribution in [0.25, 0.3) is 0 Å². The molecule has 0 saturated carbocycles. The quantitative estimate of drug-likeness (QED) is 0.738. The molecule has 3 atom stereocenters. The third-order valence-electron chi connectivity index (χ3n) is 5.85. The van der Waals surface area contributed by atoms with Gasteiger partial charge in [-0.25, -0.2) is 4.39 Å². The summed E-state index contributed by atoms with van der Waals surface area (Å²) < 4.78 is 16.0. The highest BCUT2D eigenvalue weighted by molar-refractivity contribution is 9.10. The first-order valence-corrected chi connectivity index (χ1v) is 9.65. The van der Waals surface area contributed by atoms with Crippen molar-refractivity contribution in [2.75, 3.05) is 0 Å². The number of hydrogen-bond donors (Lipinski definition) is 1. The summed E-state index contributed by atoms with van der Waals surface area (Å²) in [6.07, 6.45) is 1.02. The van der Waals surface area contributed by atoms with Gasteiger partial charge in [0.2, 0.25) is 0 Å². The van der Waals surface area contributed by atoms with E-state index in [0.717, 1.165) is 21.3 Å². The standard InChI is InChI=1S/C20H21BrFN3O/c1-4-20(11-6-5-7-12(21)8-11)13-10-23-25-18(13)24-14-9-19(2,3)17(22)16(26)15(14)20/h5-8,10,17-18,24H,4,9H2,1-3H3/t17-,18?,20-/m0/s1. The van der Waals surface area contributed by atoms with E-state index in [1.54, 1.807) is 20.0 Å². The van der Waals surface area contributed by atoms with Crippen molar-refractivity contribution < 1.29 is 9.18 Å². The zero-order valence-corrected chi connectivity index (χ0v) is 16.6. The van der Waals surface area contributed by atoms with Crippen molar-refractivity contribution in [2.45, 2.75) is 51.4 Å². The van der Waals surface area contributed by atoms with Crippen molar-refractivity contribution in [1.82, 2.24) is 5.32 Å². The zero-order chi connectivity index (χ0) is 18.7. The highest BCUT2D eigenvalue weighted by Crippen LogP contribution is 2.54. The maximum absolute atomic E-state index is 15.1. The van der Waals surface area contributed by atoms with Gasteiger partial charge < -0.3 is 5.32 Å². The van der Waals surface area contributed by atoms with Gasteiger partial charge in [0, 0.05) is 26.7 Å². The van der Waals surface area contributed by atoms with Crippen molar-refractivity contribution in [2.24, 2.45) is 15.6 Å². The van der Waals surface area contributed by atoms with Crippen LogP contribution in [0, 0.1) is 5.41 Å². The van der Waals surface area contributed by atoms with Crippen LogP contribution in [0.3, 0.4) is 0 Å². The topological polar surface area (TPSA) is 53.8 Å². The summed E-state index contributed by atoms with van der Waals surface area (Å²) in [5, 5.41) is 11.8. The summed E-state index contributed by atoms with van der Waals surface area (Å²) in [5.41, 5.74) is 1.77. The molecule has 136 valence electrons. The molecule has 0 radical (unpaired) electrons. The molecule has 6 heteroatoms. The number of carbonyl (C=O) groups is 1. The van der Waals surface area contributed by atoms with Crippen LogP contribution in [0.15, 0.2) is 62.0 Å². The van der Waals surface area contributed by atoms with E-state index in [1.165, 1.54) is 0 Å². The second kappa shape index (κ2) is 5.84. The van der Waals surface area contributed by atoms with Crippen molar-refractivity contribution in [3.63, 3.8) is 0 Å². The third kappa shape index (κ3) is 2.27. The Bertz CT molecular complexity index is 889. The summed E-state index contributed by atoms with van der Waals surface area (Å²) in [4.78, 5) is 13.2. The molecule has 4 nitrogen and oxygen atoms in total. The molecule has 1 N–H and O–H groups in total. The lowest BCUT2D eigenvalue weighted by atomic mass is 9.58. The fourth-order valence-corrected chi connectivity index (χ4v) is 4.96. The van der Waals surface area contributed by atoms with Gasteiger partial charge in [0.15, 0.2) is 18.1 Å². The molecule has 3 aliphatic rings. The van der Waals surface area contributed by atoms with Gasteiger partial charge in [0.25, 0.3) is 0 Å². The number of azo groups is 1. The van der Waals surface area contributed by atoms with E-state index in [0.29, 0.717) is 18.4 Å². The third-order valence-corrected chi connectivity index (χ3v) is 6.34. The number of Topliss-reactive ketones (excluding diaryl/α,β-unsaturated/α-hetero) is 1. The fourth-order valence-electron chi connectivity index (χ4n) is 4.56. The van der Waals surface area contributed by atoms with Crippen LogP contribution in [-0.4, -0.2) is 18.1 Å². The molecule has 0 spiro atoms. The normalized spacial score (nSPS) is 32.0. The summed E-state index contributed by atoms with van der Waals surface area (Å²) in [5.74, 6) is -0.420. The number of ketones is 1. The van der Waals surface area contributed by atoms with E-state index in [9.17, 15) is 4.79 Å². The molecule has 0 bridgehead atoms. The number of hydrogen-bond acceptors (Lipinski definition) is 4. The Hall–Kier alpha value is -1.82. The molecule has 4 rings (SSSR count). The van der Waals surface area contributed by atoms with Gasteiger partial charge in [0.1, 0.15) is 0 Å². The van der Waals surface area contributed by atoms with Crippen molar-refractivity contribution >= 4 is 21.7 Å². The van der Waals surface area contributed by atoms with Gasteiger partial charge in [-0.05, 0) is 30.5 Å². The Labute approximate surface area is 160 Å². The average molecular weight is 418 g/mol. The lowest BCUT2D eigenvalue weighted by Crippen LogP contribution is -2.54. The molecule has 0 aromatic heterocycles. The predicted octanol–water partition coefficient (Wildman–Crippen LogP) is 4.97. The number of rotatable bonds is 2. The molecular weight excluding hydrogens is 397 g/mol. The second-order valence-electron chi connectivity index (χ2n) is 7.88. The number of benzene rings is 1. The minimum absolute atomic E-state index is 0.299. The maximum Gasteiger partial charge on any atom is 0.196 e. The first-order valence-electron chi connectivity index (χ1n) is 8.86. The first-order chi connectivity index (χ1) is 12.3. The van der Waals surface area contributed by atoms with Gasteiger partial charge in [-0.3, -0.25) is 4.79 Å². The molecule has 0 amide bonds. The lowest BCUT2D eigenvalue weighted by Gasteiger charge is -2.48. The summed E-state index contributed by atoms with van der Waals surface area (Å²) in [6.45, 7) is 5.64. The lowest BCUT2D eigenvalue weighted by molar-refractivity contribution is -0.126. The van der Waals surface area contributed by atoms with Crippen LogP contribution in [0.4, 0.5) is 4.39 Å². The first kappa shape index (κ1) is 17.6. The molecular formula is C20H21BrFN3O. The maximum atomic E-state index is 15.1. The van der Waals surface area contributed by atoms with Crippen LogP contribution in [0.1, 0.15) is 39.2 Å². The van der Waals surface area contributed by atoms with Crippen LogP contribution >= 0.6 is 15.9 Å². The largest absolute Gasteiger partial charge is 0.362 e. The van der Waals surface area contributed by atoms with Crippen LogP contribution in [0.2, 0.25) is 0 Å². The van der Waals surface area contributed by atoms with E-state index < -0.39 is 22.8 Å². The highest BCUT2D eigenvalue weighted by Gasteiger charge is 2.56. The summed E-state index contributed by atoms with van der Waals surface area (Å²) in [6, 6.07) is 7.90. The van der Waals surface area contributed by atoms with E-state index >= 15 is 4.39 Å². The van der Waals surface area contributed by atoms with Crippen molar-refractivity contribution in [1.29, 1.82) is 0 Å². The molecule has 1 aromatic rings. The number of fused-ring (bicyclic) bond motifs is 1. The smallest absolute Gasteiger partial charge is 0.196 e. The SMILES string of the molecule is CC[C@]1(c2cccc(Br)c2)C2=CN=NC2NC2=C1C(=O)[C@H](F)C(C)(C)C2. The molecule has 2 heterocycles. The molecule has 1 unspecified atom stereocenters. The molecule has 0 fully saturated rings. The van der Waals surface area contributed by atoms with E-state index in [4.69, 9.17) is 0 Å². The summed E-state index contributed by atoms with van der Waals surface area (Å²) in [7, 11) is 0. The predicted molar refractivity (Wildman–Crippen MR) is 101 cm³/mol. The van der Waals surface area contributed by atoms with E-state index in [1.807, 2.05) is 31.2 Å². The minimum atomic E-state index is -1.52. The Morgan fingerprint density at radius 1 is 1.38 bits per heavy atom. The molecule has 2 aliphatic heterocycles. The van der Waals surface area contributed by atoms with Crippen LogP contribution in [-0.2, 0) is 10.2 Å². The second-order valence-corrected chi connectivity index (χ2v) is 8.79. The van der Waals surface area contributed by atoms with Crippen molar-refractivity contribution in [3.05, 3.63) is 57.3 Å². The van der Waals surface area contributed by atoms with Gasteiger partial charge in [0.05, 0.1) is 11.6 Å². The Morgan fingerprint density at radius 2 is 2.15 bits per heavy atom. The molecule has 0 saturated heterocycles. The van der Waals surface area contributed by atoms with E-state index in [-0.39, 0.29) is 6.17 Å².